The molecule has 0 aromatic rings. The number of hydrogen-bond acceptors (Lipinski definition) is 5. The molecule has 0 aromatic carbocycles. The molecule has 4 atom stereocenters. The average molecular weight is 206 g/mol. The van der Waals surface area contributed by atoms with E-state index in [1.54, 1.807) is 28.4 Å². The van der Waals surface area contributed by atoms with Crippen molar-refractivity contribution in [2.75, 3.05) is 35.0 Å². The topological polar surface area (TPSA) is 46.2 Å². The van der Waals surface area contributed by atoms with Crippen LogP contribution in [0.1, 0.15) is 0 Å². The highest BCUT2D eigenvalue weighted by atomic mass is 16.7. The van der Waals surface area contributed by atoms with Crippen LogP contribution in [-0.2, 0) is 23.7 Å². The number of rotatable bonds is 5. The van der Waals surface area contributed by atoms with Gasteiger partial charge in [0, 0.05) is 28.4 Å². The molecule has 1 heterocycles. The second-order valence-electron chi connectivity index (χ2n) is 3.13. The summed E-state index contributed by atoms with van der Waals surface area (Å²) in [6.45, 7) is 0.470. The summed E-state index contributed by atoms with van der Waals surface area (Å²) in [5.74, 6) is 0. The van der Waals surface area contributed by atoms with Crippen molar-refractivity contribution >= 4 is 0 Å². The van der Waals surface area contributed by atoms with Gasteiger partial charge >= 0.3 is 0 Å². The van der Waals surface area contributed by atoms with Gasteiger partial charge in [0.1, 0.15) is 18.3 Å². The highest BCUT2D eigenvalue weighted by molar-refractivity contribution is 4.88. The normalized spacial score (nSPS) is 37.7. The molecule has 0 aromatic heterocycles. The van der Waals surface area contributed by atoms with E-state index in [9.17, 15) is 0 Å². The summed E-state index contributed by atoms with van der Waals surface area (Å²) in [4.78, 5) is 0. The van der Waals surface area contributed by atoms with Crippen LogP contribution >= 0.6 is 0 Å². The Hall–Kier alpha value is -0.200. The van der Waals surface area contributed by atoms with E-state index in [2.05, 4.69) is 0 Å². The van der Waals surface area contributed by atoms with Gasteiger partial charge in [-0.3, -0.25) is 0 Å². The third-order valence-electron chi connectivity index (χ3n) is 2.37. The van der Waals surface area contributed by atoms with E-state index in [4.69, 9.17) is 23.7 Å². The van der Waals surface area contributed by atoms with Gasteiger partial charge in [-0.25, -0.2) is 0 Å². The molecule has 0 radical (unpaired) electrons. The predicted octanol–water partition coefficient (Wildman–Crippen LogP) is 0.0341. The maximum atomic E-state index is 5.56. The molecule has 1 rings (SSSR count). The maximum absolute atomic E-state index is 5.56. The first-order valence-corrected chi connectivity index (χ1v) is 4.51. The van der Waals surface area contributed by atoms with Gasteiger partial charge in [0.2, 0.25) is 0 Å². The third kappa shape index (κ3) is 2.24. The molecule has 5 nitrogen and oxygen atoms in total. The van der Waals surface area contributed by atoms with Crippen molar-refractivity contribution in [1.82, 2.24) is 0 Å². The molecule has 0 saturated carbocycles. The summed E-state index contributed by atoms with van der Waals surface area (Å²) in [6, 6.07) is 0. The molecule has 1 unspecified atom stereocenters. The van der Waals surface area contributed by atoms with E-state index in [0.717, 1.165) is 0 Å². The Morgan fingerprint density at radius 1 is 0.929 bits per heavy atom. The molecule has 1 fully saturated rings. The van der Waals surface area contributed by atoms with Crippen molar-refractivity contribution in [3.8, 4) is 0 Å². The molecule has 14 heavy (non-hydrogen) atoms. The molecule has 1 aliphatic heterocycles. The summed E-state index contributed by atoms with van der Waals surface area (Å²) < 4.78 is 26.3. The number of hydrogen-bond donors (Lipinski definition) is 0. The standard InChI is InChI=1S/C9H18O5/c1-10-5-6-7(11-2)8(12-3)9(13-4)14-6/h6-9H,5H2,1-4H3/t6-,7?,8+,9+/m1/s1. The maximum Gasteiger partial charge on any atom is 0.186 e. The zero-order valence-corrected chi connectivity index (χ0v) is 9.06. The summed E-state index contributed by atoms with van der Waals surface area (Å²) in [5, 5.41) is 0. The van der Waals surface area contributed by atoms with Gasteiger partial charge < -0.3 is 23.7 Å². The molecule has 0 spiro atoms. The first-order chi connectivity index (χ1) is 6.78. The molecule has 1 saturated heterocycles. The first kappa shape index (κ1) is 11.9. The fraction of sp³-hybridized carbons (Fsp3) is 1.00. The quantitative estimate of drug-likeness (QED) is 0.635. The van der Waals surface area contributed by atoms with Crippen LogP contribution in [-0.4, -0.2) is 59.6 Å². The Morgan fingerprint density at radius 3 is 2.00 bits per heavy atom. The minimum absolute atomic E-state index is 0.139. The van der Waals surface area contributed by atoms with Gasteiger partial charge in [-0.15, -0.1) is 0 Å². The smallest absolute Gasteiger partial charge is 0.186 e. The Morgan fingerprint density at radius 2 is 1.57 bits per heavy atom. The lowest BCUT2D eigenvalue weighted by atomic mass is 10.1. The predicted molar refractivity (Wildman–Crippen MR) is 49.1 cm³/mol. The van der Waals surface area contributed by atoms with Crippen LogP contribution in [0.2, 0.25) is 0 Å². The summed E-state index contributed by atoms with van der Waals surface area (Å²) in [5.41, 5.74) is 0. The van der Waals surface area contributed by atoms with Gasteiger partial charge in [-0.1, -0.05) is 0 Å². The van der Waals surface area contributed by atoms with Gasteiger partial charge in [-0.05, 0) is 0 Å². The number of ether oxygens (including phenoxy) is 5. The van der Waals surface area contributed by atoms with Crippen molar-refractivity contribution in [2.24, 2.45) is 0 Å². The van der Waals surface area contributed by atoms with E-state index in [-0.39, 0.29) is 24.6 Å². The molecule has 84 valence electrons. The minimum atomic E-state index is -0.384. The molecule has 0 aliphatic carbocycles. The van der Waals surface area contributed by atoms with Crippen molar-refractivity contribution in [3.05, 3.63) is 0 Å². The monoisotopic (exact) mass is 206 g/mol. The number of methoxy groups -OCH3 is 4. The van der Waals surface area contributed by atoms with Crippen LogP contribution in [0.15, 0.2) is 0 Å². The van der Waals surface area contributed by atoms with Crippen molar-refractivity contribution in [3.63, 3.8) is 0 Å². The Labute approximate surface area is 84.2 Å². The van der Waals surface area contributed by atoms with E-state index < -0.39 is 0 Å². The van der Waals surface area contributed by atoms with Crippen LogP contribution in [0, 0.1) is 0 Å². The Balaban J connectivity index is 2.62. The van der Waals surface area contributed by atoms with Crippen LogP contribution in [0.25, 0.3) is 0 Å². The minimum Gasteiger partial charge on any atom is -0.382 e. The first-order valence-electron chi connectivity index (χ1n) is 4.51. The highest BCUT2D eigenvalue weighted by Crippen LogP contribution is 2.26. The second-order valence-corrected chi connectivity index (χ2v) is 3.13. The van der Waals surface area contributed by atoms with Crippen LogP contribution < -0.4 is 0 Å². The highest BCUT2D eigenvalue weighted by Gasteiger charge is 2.45. The van der Waals surface area contributed by atoms with Crippen LogP contribution in [0.3, 0.4) is 0 Å². The molecular weight excluding hydrogens is 188 g/mol. The fourth-order valence-electron chi connectivity index (χ4n) is 1.71. The van der Waals surface area contributed by atoms with Gasteiger partial charge in [-0.2, -0.15) is 0 Å². The zero-order chi connectivity index (χ0) is 10.6. The molecule has 1 aliphatic rings. The van der Waals surface area contributed by atoms with Crippen molar-refractivity contribution < 1.29 is 23.7 Å². The van der Waals surface area contributed by atoms with Crippen molar-refractivity contribution in [1.29, 1.82) is 0 Å². The lowest BCUT2D eigenvalue weighted by Crippen LogP contribution is -2.37. The summed E-state index contributed by atoms with van der Waals surface area (Å²) >= 11 is 0. The van der Waals surface area contributed by atoms with E-state index in [1.165, 1.54) is 0 Å². The summed E-state index contributed by atoms with van der Waals surface area (Å²) in [6.07, 6.45) is -0.875. The molecule has 0 N–H and O–H groups in total. The van der Waals surface area contributed by atoms with E-state index >= 15 is 0 Å². The molecular formula is C9H18O5. The van der Waals surface area contributed by atoms with Crippen LogP contribution in [0.5, 0.6) is 0 Å². The largest absolute Gasteiger partial charge is 0.382 e. The second kappa shape index (κ2) is 5.63. The van der Waals surface area contributed by atoms with E-state index in [0.29, 0.717) is 6.61 Å². The SMILES string of the molecule is COC[C@H]1O[C@H](OC)[C@@H](OC)C1OC. The average Bonchev–Trinajstić information content (AvgIpc) is 2.55. The van der Waals surface area contributed by atoms with Gasteiger partial charge in [0.05, 0.1) is 6.61 Å². The lowest BCUT2D eigenvalue weighted by Gasteiger charge is -2.20. The van der Waals surface area contributed by atoms with Crippen molar-refractivity contribution in [2.45, 2.75) is 24.6 Å². The summed E-state index contributed by atoms with van der Waals surface area (Å²) in [7, 11) is 6.44. The van der Waals surface area contributed by atoms with E-state index in [1.807, 2.05) is 0 Å². The van der Waals surface area contributed by atoms with Gasteiger partial charge in [0.15, 0.2) is 6.29 Å². The molecule has 0 bridgehead atoms. The Bertz CT molecular complexity index is 163. The third-order valence-corrected chi connectivity index (χ3v) is 2.37. The molecule has 5 heteroatoms. The van der Waals surface area contributed by atoms with Crippen LogP contribution in [0.4, 0.5) is 0 Å². The lowest BCUT2D eigenvalue weighted by molar-refractivity contribution is -0.160. The Kier molecular flexibility index (Phi) is 4.77. The fourth-order valence-corrected chi connectivity index (χ4v) is 1.71. The molecule has 0 amide bonds. The van der Waals surface area contributed by atoms with Gasteiger partial charge in [0.25, 0.3) is 0 Å². The zero-order valence-electron chi connectivity index (χ0n) is 9.06.